The number of furan rings is 1. The molecule has 0 spiro atoms. The van der Waals surface area contributed by atoms with Gasteiger partial charge in [-0.1, -0.05) is 11.6 Å². The van der Waals surface area contributed by atoms with Gasteiger partial charge in [0.2, 0.25) is 0 Å². The SMILES string of the molecule is Cc1ccoc1C(N)Cc1cc(Cl)ccc1F. The monoisotopic (exact) mass is 253 g/mol. The summed E-state index contributed by atoms with van der Waals surface area (Å²) in [7, 11) is 0. The highest BCUT2D eigenvalue weighted by Crippen LogP contribution is 2.23. The summed E-state index contributed by atoms with van der Waals surface area (Å²) in [4.78, 5) is 0. The van der Waals surface area contributed by atoms with Crippen molar-refractivity contribution in [3.63, 3.8) is 0 Å². The third-order valence-corrected chi connectivity index (χ3v) is 2.92. The van der Waals surface area contributed by atoms with Crippen LogP contribution in [0.3, 0.4) is 0 Å². The summed E-state index contributed by atoms with van der Waals surface area (Å²) in [6.45, 7) is 1.91. The summed E-state index contributed by atoms with van der Waals surface area (Å²) in [6, 6.07) is 5.93. The molecule has 2 rings (SSSR count). The van der Waals surface area contributed by atoms with Crippen LogP contribution in [0.5, 0.6) is 0 Å². The number of halogens is 2. The van der Waals surface area contributed by atoms with Crippen molar-refractivity contribution >= 4 is 11.6 Å². The van der Waals surface area contributed by atoms with E-state index in [9.17, 15) is 4.39 Å². The zero-order valence-electron chi connectivity index (χ0n) is 9.41. The smallest absolute Gasteiger partial charge is 0.126 e. The van der Waals surface area contributed by atoms with E-state index in [0.717, 1.165) is 5.56 Å². The van der Waals surface area contributed by atoms with Crippen LogP contribution in [0.15, 0.2) is 34.9 Å². The van der Waals surface area contributed by atoms with Crippen LogP contribution in [0.4, 0.5) is 4.39 Å². The Morgan fingerprint density at radius 1 is 1.41 bits per heavy atom. The molecule has 0 aliphatic rings. The van der Waals surface area contributed by atoms with Gasteiger partial charge in [0.15, 0.2) is 0 Å². The van der Waals surface area contributed by atoms with E-state index >= 15 is 0 Å². The molecule has 2 N–H and O–H groups in total. The van der Waals surface area contributed by atoms with Gasteiger partial charge in [-0.2, -0.15) is 0 Å². The van der Waals surface area contributed by atoms with Crippen molar-refractivity contribution in [2.45, 2.75) is 19.4 Å². The van der Waals surface area contributed by atoms with E-state index in [4.69, 9.17) is 21.8 Å². The first kappa shape index (κ1) is 12.1. The molecular formula is C13H13ClFNO. The molecule has 0 amide bonds. The Balaban J connectivity index is 2.21. The molecule has 0 aliphatic carbocycles. The predicted molar refractivity (Wildman–Crippen MR) is 65.5 cm³/mol. The van der Waals surface area contributed by atoms with E-state index < -0.39 is 0 Å². The van der Waals surface area contributed by atoms with Crippen molar-refractivity contribution in [2.24, 2.45) is 5.73 Å². The maximum Gasteiger partial charge on any atom is 0.126 e. The molecule has 0 saturated carbocycles. The molecule has 0 radical (unpaired) electrons. The fourth-order valence-corrected chi connectivity index (χ4v) is 1.99. The first-order valence-corrected chi connectivity index (χ1v) is 5.69. The van der Waals surface area contributed by atoms with Crippen LogP contribution < -0.4 is 5.73 Å². The third-order valence-electron chi connectivity index (χ3n) is 2.69. The Bertz CT molecular complexity index is 524. The summed E-state index contributed by atoms with van der Waals surface area (Å²) < 4.78 is 18.8. The third kappa shape index (κ3) is 2.68. The van der Waals surface area contributed by atoms with Gasteiger partial charge >= 0.3 is 0 Å². The maximum absolute atomic E-state index is 13.5. The molecule has 1 aromatic heterocycles. The van der Waals surface area contributed by atoms with Gasteiger partial charge in [-0.15, -0.1) is 0 Å². The summed E-state index contributed by atoms with van der Waals surface area (Å²) >= 11 is 5.83. The zero-order chi connectivity index (χ0) is 12.4. The van der Waals surface area contributed by atoms with Gasteiger partial charge in [0, 0.05) is 5.02 Å². The average Bonchev–Trinajstić information content (AvgIpc) is 2.70. The summed E-state index contributed by atoms with van der Waals surface area (Å²) in [6.07, 6.45) is 1.94. The highest BCUT2D eigenvalue weighted by Gasteiger charge is 2.15. The largest absolute Gasteiger partial charge is 0.467 e. The topological polar surface area (TPSA) is 39.2 Å². The van der Waals surface area contributed by atoms with Crippen molar-refractivity contribution in [3.05, 3.63) is 58.3 Å². The number of hydrogen-bond acceptors (Lipinski definition) is 2. The van der Waals surface area contributed by atoms with Gasteiger partial charge in [-0.3, -0.25) is 0 Å². The Morgan fingerprint density at radius 3 is 2.82 bits per heavy atom. The van der Waals surface area contributed by atoms with Crippen LogP contribution in [0, 0.1) is 12.7 Å². The molecule has 2 aromatic rings. The highest BCUT2D eigenvalue weighted by atomic mass is 35.5. The number of nitrogens with two attached hydrogens (primary N) is 1. The zero-order valence-corrected chi connectivity index (χ0v) is 10.2. The fourth-order valence-electron chi connectivity index (χ4n) is 1.79. The number of benzene rings is 1. The van der Waals surface area contributed by atoms with Crippen LogP contribution >= 0.6 is 11.6 Å². The fraction of sp³-hybridized carbons (Fsp3) is 0.231. The maximum atomic E-state index is 13.5. The second-order valence-electron chi connectivity index (χ2n) is 4.01. The molecule has 1 aromatic carbocycles. The summed E-state index contributed by atoms with van der Waals surface area (Å²) in [5, 5.41) is 0.504. The van der Waals surface area contributed by atoms with Crippen LogP contribution in [-0.4, -0.2) is 0 Å². The van der Waals surface area contributed by atoms with Crippen molar-refractivity contribution in [3.8, 4) is 0 Å². The van der Waals surface area contributed by atoms with E-state index in [2.05, 4.69) is 0 Å². The van der Waals surface area contributed by atoms with E-state index in [1.165, 1.54) is 12.1 Å². The number of aryl methyl sites for hydroxylation is 1. The minimum absolute atomic E-state index is 0.297. The molecule has 90 valence electrons. The van der Waals surface area contributed by atoms with Gasteiger partial charge in [0.05, 0.1) is 12.3 Å². The van der Waals surface area contributed by atoms with Gasteiger partial charge in [0.25, 0.3) is 0 Å². The summed E-state index contributed by atoms with van der Waals surface area (Å²) in [5.74, 6) is 0.387. The molecular weight excluding hydrogens is 241 g/mol. The molecule has 0 fully saturated rings. The molecule has 2 nitrogen and oxygen atoms in total. The van der Waals surface area contributed by atoms with Crippen LogP contribution in [0.25, 0.3) is 0 Å². The highest BCUT2D eigenvalue weighted by molar-refractivity contribution is 6.30. The lowest BCUT2D eigenvalue weighted by Crippen LogP contribution is -2.14. The molecule has 0 bridgehead atoms. The molecule has 1 heterocycles. The van der Waals surface area contributed by atoms with Crippen molar-refractivity contribution in [2.75, 3.05) is 0 Å². The number of rotatable bonds is 3. The molecule has 1 atom stereocenters. The quantitative estimate of drug-likeness (QED) is 0.907. The molecule has 4 heteroatoms. The van der Waals surface area contributed by atoms with Crippen molar-refractivity contribution in [1.29, 1.82) is 0 Å². The van der Waals surface area contributed by atoms with Gasteiger partial charge in [-0.05, 0) is 48.7 Å². The Labute approximate surface area is 104 Å². The normalized spacial score (nSPS) is 12.7. The average molecular weight is 254 g/mol. The van der Waals surface area contributed by atoms with Crippen LogP contribution in [0.2, 0.25) is 5.02 Å². The minimum atomic E-state index is -0.363. The molecule has 0 aliphatic heterocycles. The van der Waals surface area contributed by atoms with E-state index in [0.29, 0.717) is 22.8 Å². The van der Waals surface area contributed by atoms with E-state index in [1.807, 2.05) is 13.0 Å². The Kier molecular flexibility index (Phi) is 3.50. The second-order valence-corrected chi connectivity index (χ2v) is 4.45. The Morgan fingerprint density at radius 2 is 2.18 bits per heavy atom. The van der Waals surface area contributed by atoms with Crippen molar-refractivity contribution in [1.82, 2.24) is 0 Å². The lowest BCUT2D eigenvalue weighted by Gasteiger charge is -2.11. The minimum Gasteiger partial charge on any atom is -0.467 e. The first-order chi connectivity index (χ1) is 8.08. The first-order valence-electron chi connectivity index (χ1n) is 5.31. The molecule has 0 saturated heterocycles. The van der Waals surface area contributed by atoms with Gasteiger partial charge in [0.1, 0.15) is 11.6 Å². The molecule has 1 unspecified atom stereocenters. The van der Waals surface area contributed by atoms with Crippen LogP contribution in [-0.2, 0) is 6.42 Å². The lowest BCUT2D eigenvalue weighted by molar-refractivity contribution is 0.457. The molecule has 17 heavy (non-hydrogen) atoms. The predicted octanol–water partition coefficient (Wildman–Crippen LogP) is 3.62. The Hall–Kier alpha value is -1.32. The lowest BCUT2D eigenvalue weighted by atomic mass is 10.0. The van der Waals surface area contributed by atoms with Crippen molar-refractivity contribution < 1.29 is 8.81 Å². The standard InChI is InChI=1S/C13H13ClFNO/c1-8-4-5-17-13(8)12(16)7-9-6-10(14)2-3-11(9)15/h2-6,12H,7,16H2,1H3. The van der Waals surface area contributed by atoms with E-state index in [1.54, 1.807) is 12.3 Å². The second kappa shape index (κ2) is 4.90. The van der Waals surface area contributed by atoms with Gasteiger partial charge < -0.3 is 10.2 Å². The van der Waals surface area contributed by atoms with Crippen LogP contribution in [0.1, 0.15) is 22.9 Å². The number of hydrogen-bond donors (Lipinski definition) is 1. The van der Waals surface area contributed by atoms with E-state index in [-0.39, 0.29) is 11.9 Å². The van der Waals surface area contributed by atoms with Gasteiger partial charge in [-0.25, -0.2) is 4.39 Å². The summed E-state index contributed by atoms with van der Waals surface area (Å²) in [5.41, 5.74) is 7.46.